The van der Waals surface area contributed by atoms with Crippen LogP contribution in [0, 0.1) is 5.41 Å². The molecule has 0 aliphatic heterocycles. The van der Waals surface area contributed by atoms with E-state index in [1.807, 2.05) is 26.8 Å². The third kappa shape index (κ3) is 2.83. The highest BCUT2D eigenvalue weighted by molar-refractivity contribution is 5.89. The molecule has 0 amide bonds. The van der Waals surface area contributed by atoms with E-state index in [1.165, 1.54) is 7.11 Å². The number of methoxy groups -OCH3 is 1. The van der Waals surface area contributed by atoms with Crippen LogP contribution in [0.15, 0.2) is 24.3 Å². The molecule has 0 saturated carbocycles. The highest BCUT2D eigenvalue weighted by atomic mass is 16.5. The summed E-state index contributed by atoms with van der Waals surface area (Å²) in [4.78, 5) is 11.3. The summed E-state index contributed by atoms with van der Waals surface area (Å²) in [6.45, 7) is 5.84. The van der Waals surface area contributed by atoms with E-state index in [-0.39, 0.29) is 11.4 Å². The summed E-state index contributed by atoms with van der Waals surface area (Å²) in [5.74, 6) is -0.386. The Hall–Kier alpha value is -1.35. The number of aliphatic hydroxyl groups is 1. The van der Waals surface area contributed by atoms with Crippen LogP contribution in [0.2, 0.25) is 0 Å². The van der Waals surface area contributed by atoms with Crippen LogP contribution in [0.5, 0.6) is 0 Å². The number of ether oxygens (including phenoxy) is 1. The number of rotatable bonds is 2. The number of carbonyl (C=O) groups is 1. The first-order valence-electron chi connectivity index (χ1n) is 5.22. The average molecular weight is 222 g/mol. The van der Waals surface area contributed by atoms with Gasteiger partial charge in [-0.15, -0.1) is 0 Å². The van der Waals surface area contributed by atoms with Gasteiger partial charge in [-0.1, -0.05) is 32.9 Å². The Labute approximate surface area is 96.1 Å². The lowest BCUT2D eigenvalue weighted by Crippen LogP contribution is -2.18. The van der Waals surface area contributed by atoms with Crippen molar-refractivity contribution in [1.82, 2.24) is 0 Å². The summed E-state index contributed by atoms with van der Waals surface area (Å²) in [5, 5.41) is 10.1. The lowest BCUT2D eigenvalue weighted by atomic mass is 9.84. The summed E-state index contributed by atoms with van der Waals surface area (Å²) in [7, 11) is 1.34. The second-order valence-corrected chi connectivity index (χ2v) is 4.89. The lowest BCUT2D eigenvalue weighted by Gasteiger charge is -2.26. The summed E-state index contributed by atoms with van der Waals surface area (Å²) in [6.07, 6.45) is -0.600. The van der Waals surface area contributed by atoms with E-state index in [2.05, 4.69) is 4.74 Å². The predicted molar refractivity (Wildman–Crippen MR) is 62.2 cm³/mol. The van der Waals surface area contributed by atoms with Crippen molar-refractivity contribution in [3.05, 3.63) is 35.4 Å². The molecule has 3 nitrogen and oxygen atoms in total. The molecule has 0 aromatic heterocycles. The number of hydrogen-bond acceptors (Lipinski definition) is 3. The van der Waals surface area contributed by atoms with Crippen molar-refractivity contribution in [3.63, 3.8) is 0 Å². The van der Waals surface area contributed by atoms with E-state index in [0.29, 0.717) is 5.56 Å². The molecule has 0 aliphatic rings. The number of hydrogen-bond donors (Lipinski definition) is 1. The molecule has 1 aromatic carbocycles. The van der Waals surface area contributed by atoms with E-state index in [4.69, 9.17) is 0 Å². The molecule has 0 heterocycles. The highest BCUT2D eigenvalue weighted by Gasteiger charge is 2.24. The first-order valence-corrected chi connectivity index (χ1v) is 5.22. The van der Waals surface area contributed by atoms with Gasteiger partial charge >= 0.3 is 5.97 Å². The average Bonchev–Trinajstić information content (AvgIpc) is 2.26. The molecule has 3 heteroatoms. The van der Waals surface area contributed by atoms with Gasteiger partial charge in [-0.25, -0.2) is 4.79 Å². The van der Waals surface area contributed by atoms with Gasteiger partial charge in [0.2, 0.25) is 0 Å². The van der Waals surface area contributed by atoms with Crippen molar-refractivity contribution >= 4 is 5.97 Å². The highest BCUT2D eigenvalue weighted by Crippen LogP contribution is 2.32. The molecule has 88 valence electrons. The third-order valence-electron chi connectivity index (χ3n) is 2.44. The van der Waals surface area contributed by atoms with Crippen LogP contribution in [0.4, 0.5) is 0 Å². The fourth-order valence-corrected chi connectivity index (χ4v) is 1.45. The Kier molecular flexibility index (Phi) is 3.70. The standard InChI is InChI=1S/C13H18O3/c1-13(2,3)11(14)9-6-5-7-10(8-9)12(15)16-4/h5-8,11,14H,1-4H3. The largest absolute Gasteiger partial charge is 0.465 e. The smallest absolute Gasteiger partial charge is 0.337 e. The second-order valence-electron chi connectivity index (χ2n) is 4.89. The van der Waals surface area contributed by atoms with Gasteiger partial charge in [0.05, 0.1) is 18.8 Å². The van der Waals surface area contributed by atoms with Crippen molar-refractivity contribution in [2.75, 3.05) is 7.11 Å². The third-order valence-corrected chi connectivity index (χ3v) is 2.44. The van der Waals surface area contributed by atoms with E-state index in [9.17, 15) is 9.90 Å². The molecule has 16 heavy (non-hydrogen) atoms. The van der Waals surface area contributed by atoms with Crippen LogP contribution in [0.25, 0.3) is 0 Å². The van der Waals surface area contributed by atoms with Gasteiger partial charge < -0.3 is 9.84 Å². The van der Waals surface area contributed by atoms with Crippen LogP contribution in [0.3, 0.4) is 0 Å². The zero-order valence-electron chi connectivity index (χ0n) is 10.2. The van der Waals surface area contributed by atoms with Crippen LogP contribution in [-0.4, -0.2) is 18.2 Å². The topological polar surface area (TPSA) is 46.5 Å². The number of aliphatic hydroxyl groups excluding tert-OH is 1. The van der Waals surface area contributed by atoms with Gasteiger partial charge in [0, 0.05) is 0 Å². The number of benzene rings is 1. The first kappa shape index (κ1) is 12.7. The second kappa shape index (κ2) is 4.66. The minimum Gasteiger partial charge on any atom is -0.465 e. The minimum atomic E-state index is -0.600. The van der Waals surface area contributed by atoms with Gasteiger partial charge in [-0.3, -0.25) is 0 Å². The molecule has 1 unspecified atom stereocenters. The summed E-state index contributed by atoms with van der Waals surface area (Å²) >= 11 is 0. The molecule has 0 saturated heterocycles. The van der Waals surface area contributed by atoms with Gasteiger partial charge in [0.1, 0.15) is 0 Å². The Bertz CT molecular complexity index is 377. The molecule has 0 radical (unpaired) electrons. The van der Waals surface area contributed by atoms with Gasteiger partial charge in [0.25, 0.3) is 0 Å². The Balaban J connectivity index is 3.03. The minimum absolute atomic E-state index is 0.255. The maximum absolute atomic E-state index is 11.3. The number of esters is 1. The van der Waals surface area contributed by atoms with Crippen LogP contribution in [0.1, 0.15) is 42.8 Å². The SMILES string of the molecule is COC(=O)c1cccc(C(O)C(C)(C)C)c1. The molecule has 1 atom stereocenters. The molecule has 1 aromatic rings. The summed E-state index contributed by atoms with van der Waals surface area (Å²) in [5.41, 5.74) is 0.938. The molecule has 0 aliphatic carbocycles. The first-order chi connectivity index (χ1) is 7.36. The van der Waals surface area contributed by atoms with Gasteiger partial charge in [0.15, 0.2) is 0 Å². The quantitative estimate of drug-likeness (QED) is 0.782. The molecular formula is C13H18O3. The van der Waals surface area contributed by atoms with Gasteiger partial charge in [-0.2, -0.15) is 0 Å². The number of carbonyl (C=O) groups excluding carboxylic acids is 1. The Morgan fingerprint density at radius 2 is 2.00 bits per heavy atom. The van der Waals surface area contributed by atoms with Crippen molar-refractivity contribution in [1.29, 1.82) is 0 Å². The maximum Gasteiger partial charge on any atom is 0.337 e. The zero-order chi connectivity index (χ0) is 12.3. The summed E-state index contributed by atoms with van der Waals surface area (Å²) < 4.78 is 4.64. The molecule has 0 bridgehead atoms. The lowest BCUT2D eigenvalue weighted by molar-refractivity contribution is 0.0587. The van der Waals surface area contributed by atoms with E-state index < -0.39 is 6.10 Å². The normalized spacial score (nSPS) is 13.3. The maximum atomic E-state index is 11.3. The molecule has 0 fully saturated rings. The fraction of sp³-hybridized carbons (Fsp3) is 0.462. The Morgan fingerprint density at radius 3 is 2.50 bits per heavy atom. The molecule has 1 N–H and O–H groups in total. The molecular weight excluding hydrogens is 204 g/mol. The predicted octanol–water partition coefficient (Wildman–Crippen LogP) is 2.55. The van der Waals surface area contributed by atoms with Crippen LogP contribution >= 0.6 is 0 Å². The van der Waals surface area contributed by atoms with Crippen molar-refractivity contribution in [2.45, 2.75) is 26.9 Å². The zero-order valence-corrected chi connectivity index (χ0v) is 10.2. The van der Waals surface area contributed by atoms with Crippen molar-refractivity contribution < 1.29 is 14.6 Å². The van der Waals surface area contributed by atoms with Crippen molar-refractivity contribution in [2.24, 2.45) is 5.41 Å². The molecule has 1 rings (SSSR count). The Morgan fingerprint density at radius 1 is 1.38 bits per heavy atom. The van der Waals surface area contributed by atoms with Gasteiger partial charge in [-0.05, 0) is 23.1 Å². The summed E-state index contributed by atoms with van der Waals surface area (Å²) in [6, 6.07) is 6.89. The van der Waals surface area contributed by atoms with E-state index in [1.54, 1.807) is 18.2 Å². The van der Waals surface area contributed by atoms with Crippen LogP contribution in [-0.2, 0) is 4.74 Å². The van der Waals surface area contributed by atoms with E-state index >= 15 is 0 Å². The molecule has 0 spiro atoms. The van der Waals surface area contributed by atoms with Crippen molar-refractivity contribution in [3.8, 4) is 0 Å². The monoisotopic (exact) mass is 222 g/mol. The van der Waals surface area contributed by atoms with Crippen LogP contribution < -0.4 is 0 Å². The fourth-order valence-electron chi connectivity index (χ4n) is 1.45. The van der Waals surface area contributed by atoms with E-state index in [0.717, 1.165) is 5.56 Å².